The van der Waals surface area contributed by atoms with Gasteiger partial charge in [-0.15, -0.1) is 0 Å². The van der Waals surface area contributed by atoms with Crippen LogP contribution in [0.5, 0.6) is 5.75 Å². The van der Waals surface area contributed by atoms with Crippen LogP contribution in [-0.4, -0.2) is 38.4 Å². The highest BCUT2D eigenvalue weighted by atomic mass is 35.5. The third-order valence-electron chi connectivity index (χ3n) is 10.4. The number of halogens is 3. The number of nitrogens with zero attached hydrogens (tertiary/aromatic N) is 3. The Morgan fingerprint density at radius 2 is 1.69 bits per heavy atom. The molecule has 5 aliphatic rings. The number of hydrogen-bond acceptors (Lipinski definition) is 7. The molecule has 0 saturated heterocycles. The maximum Gasteiger partial charge on any atom is 0.354 e. The van der Waals surface area contributed by atoms with Gasteiger partial charge >= 0.3 is 5.97 Å². The third-order valence-corrected chi connectivity index (χ3v) is 10.9. The van der Waals surface area contributed by atoms with Gasteiger partial charge in [-0.05, 0) is 87.8 Å². The second kappa shape index (κ2) is 10.9. The van der Waals surface area contributed by atoms with Crippen molar-refractivity contribution in [2.45, 2.75) is 88.3 Å². The molecule has 8 nitrogen and oxygen atoms in total. The maximum atomic E-state index is 15.2. The first kappa shape index (κ1) is 29.2. The van der Waals surface area contributed by atoms with Crippen LogP contribution in [0, 0.1) is 11.2 Å². The van der Waals surface area contributed by atoms with Gasteiger partial charge in [0.15, 0.2) is 5.82 Å². The maximum absolute atomic E-state index is 15.2. The second-order valence-corrected chi connectivity index (χ2v) is 14.2. The largest absolute Gasteiger partial charge is 0.493 e. The standard InChI is InChI=1S/C34H32Cl2FN3O5/c35-24-14-38-15-25(36)28(24)30-23(31(45-40-30)19-3-4-19)16-44-34-8-5-33(6-9-34,7-10-34)17-43-20-11-22-21(18-1-2-18)13-27(32(41)42)39-29(22)26(37)12-20/h11-15,18-19H,1-10,16-17H2,(H,41,42). The lowest BCUT2D eigenvalue weighted by molar-refractivity contribution is -0.150. The highest BCUT2D eigenvalue weighted by molar-refractivity contribution is 6.38. The minimum Gasteiger partial charge on any atom is -0.493 e. The van der Waals surface area contributed by atoms with Crippen LogP contribution in [0.2, 0.25) is 10.0 Å². The Labute approximate surface area is 269 Å². The summed E-state index contributed by atoms with van der Waals surface area (Å²) in [5.74, 6) is 0.194. The zero-order chi connectivity index (χ0) is 30.9. The fourth-order valence-electron chi connectivity index (χ4n) is 7.30. The number of benzene rings is 1. The molecule has 45 heavy (non-hydrogen) atoms. The first-order chi connectivity index (χ1) is 21.7. The van der Waals surface area contributed by atoms with Crippen LogP contribution in [0.3, 0.4) is 0 Å². The molecule has 2 bridgehead atoms. The van der Waals surface area contributed by atoms with Gasteiger partial charge in [0.25, 0.3) is 0 Å². The molecule has 11 heteroatoms. The van der Waals surface area contributed by atoms with Gasteiger partial charge in [-0.25, -0.2) is 14.2 Å². The molecular formula is C34H32Cl2FN3O5. The molecule has 5 saturated carbocycles. The smallest absolute Gasteiger partial charge is 0.354 e. The van der Waals surface area contributed by atoms with Gasteiger partial charge in [0, 0.05) is 46.3 Å². The molecule has 0 amide bonds. The van der Waals surface area contributed by atoms with Crippen LogP contribution in [0.25, 0.3) is 22.2 Å². The minimum absolute atomic E-state index is 0.000892. The van der Waals surface area contributed by atoms with Gasteiger partial charge in [-0.3, -0.25) is 4.98 Å². The monoisotopic (exact) mass is 651 g/mol. The number of rotatable bonds is 10. The van der Waals surface area contributed by atoms with Crippen molar-refractivity contribution in [3.05, 3.63) is 69.0 Å². The average molecular weight is 653 g/mol. The first-order valence-electron chi connectivity index (χ1n) is 15.7. The van der Waals surface area contributed by atoms with Crippen LogP contribution in [0.1, 0.15) is 103 Å². The quantitative estimate of drug-likeness (QED) is 0.181. The van der Waals surface area contributed by atoms with E-state index in [1.807, 2.05) is 6.07 Å². The molecule has 1 N–H and O–H groups in total. The fourth-order valence-corrected chi connectivity index (χ4v) is 7.84. The summed E-state index contributed by atoms with van der Waals surface area (Å²) in [4.78, 5) is 19.8. The lowest BCUT2D eigenvalue weighted by Crippen LogP contribution is -2.49. The van der Waals surface area contributed by atoms with E-state index in [2.05, 4.69) is 15.1 Å². The zero-order valence-electron chi connectivity index (χ0n) is 24.6. The molecule has 234 valence electrons. The number of hydrogen-bond donors (Lipinski definition) is 1. The van der Waals surface area contributed by atoms with E-state index in [0.717, 1.165) is 81.1 Å². The summed E-state index contributed by atoms with van der Waals surface area (Å²) in [6.45, 7) is 0.870. The topological polar surface area (TPSA) is 108 Å². The summed E-state index contributed by atoms with van der Waals surface area (Å²) in [7, 11) is 0. The number of aromatic carboxylic acids is 1. The lowest BCUT2D eigenvalue weighted by Gasteiger charge is -2.52. The molecule has 4 aromatic rings. The van der Waals surface area contributed by atoms with Crippen LogP contribution >= 0.6 is 23.2 Å². The summed E-state index contributed by atoms with van der Waals surface area (Å²) in [6, 6.07) is 4.75. The Bertz CT molecular complexity index is 1790. The number of carbonyl (C=O) groups is 1. The number of fused-ring (bicyclic) bond motifs is 4. The summed E-state index contributed by atoms with van der Waals surface area (Å²) in [5, 5.41) is 15.4. The van der Waals surface area contributed by atoms with E-state index >= 15 is 4.39 Å². The highest BCUT2D eigenvalue weighted by Crippen LogP contribution is 2.55. The van der Waals surface area contributed by atoms with Gasteiger partial charge in [0.2, 0.25) is 0 Å². The summed E-state index contributed by atoms with van der Waals surface area (Å²) in [6.07, 6.45) is 12.8. The summed E-state index contributed by atoms with van der Waals surface area (Å²) < 4.78 is 34.1. The Hall–Kier alpha value is -3.27. The number of pyridine rings is 2. The molecule has 0 atom stereocenters. The lowest BCUT2D eigenvalue weighted by atomic mass is 9.59. The number of carboxylic acids is 1. The van der Waals surface area contributed by atoms with E-state index in [4.69, 9.17) is 37.2 Å². The van der Waals surface area contributed by atoms with E-state index in [0.29, 0.717) is 51.6 Å². The van der Waals surface area contributed by atoms with Crippen LogP contribution in [-0.2, 0) is 11.3 Å². The van der Waals surface area contributed by atoms with Crippen molar-refractivity contribution in [3.8, 4) is 17.0 Å². The van der Waals surface area contributed by atoms with Crippen molar-refractivity contribution in [2.75, 3.05) is 6.61 Å². The van der Waals surface area contributed by atoms with Gasteiger partial charge in [-0.1, -0.05) is 28.4 Å². The number of ether oxygens (including phenoxy) is 2. The molecular weight excluding hydrogens is 620 g/mol. The molecule has 5 fully saturated rings. The van der Waals surface area contributed by atoms with Crippen molar-refractivity contribution >= 4 is 40.1 Å². The Balaban J connectivity index is 0.966. The van der Waals surface area contributed by atoms with Gasteiger partial charge < -0.3 is 19.1 Å². The minimum atomic E-state index is -1.15. The molecule has 5 aliphatic carbocycles. The normalized spacial score (nSPS) is 24.3. The molecule has 0 radical (unpaired) electrons. The van der Waals surface area contributed by atoms with Crippen molar-refractivity contribution in [1.82, 2.24) is 15.1 Å². The fraction of sp³-hybridized carbons (Fsp3) is 0.471. The molecule has 3 heterocycles. The van der Waals surface area contributed by atoms with Crippen molar-refractivity contribution in [2.24, 2.45) is 5.41 Å². The number of carboxylic acid groups (broad SMARTS) is 1. The Kier molecular flexibility index (Phi) is 7.07. The highest BCUT2D eigenvalue weighted by Gasteiger charge is 2.50. The van der Waals surface area contributed by atoms with Gasteiger partial charge in [0.1, 0.15) is 28.4 Å². The van der Waals surface area contributed by atoms with Crippen LogP contribution in [0.15, 0.2) is 35.1 Å². The predicted molar refractivity (Wildman–Crippen MR) is 166 cm³/mol. The van der Waals surface area contributed by atoms with Crippen molar-refractivity contribution in [1.29, 1.82) is 0 Å². The molecule has 1 aromatic carbocycles. The summed E-state index contributed by atoms with van der Waals surface area (Å²) >= 11 is 13.0. The van der Waals surface area contributed by atoms with Crippen LogP contribution in [0.4, 0.5) is 4.39 Å². The van der Waals surface area contributed by atoms with E-state index in [1.165, 1.54) is 6.07 Å². The molecule has 9 rings (SSSR count). The predicted octanol–water partition coefficient (Wildman–Crippen LogP) is 8.87. The molecule has 3 aromatic heterocycles. The number of aromatic nitrogens is 3. The van der Waals surface area contributed by atoms with Crippen molar-refractivity contribution < 1.29 is 28.3 Å². The molecule has 0 spiro atoms. The van der Waals surface area contributed by atoms with E-state index < -0.39 is 11.8 Å². The molecule has 0 aliphatic heterocycles. The average Bonchev–Trinajstić information content (AvgIpc) is 3.98. The Morgan fingerprint density at radius 3 is 2.33 bits per heavy atom. The Morgan fingerprint density at radius 1 is 1.00 bits per heavy atom. The third kappa shape index (κ3) is 5.36. The first-order valence-corrected chi connectivity index (χ1v) is 16.4. The van der Waals surface area contributed by atoms with Gasteiger partial charge in [0.05, 0.1) is 28.9 Å². The van der Waals surface area contributed by atoms with Crippen LogP contribution < -0.4 is 4.74 Å². The van der Waals surface area contributed by atoms with E-state index in [9.17, 15) is 9.90 Å². The van der Waals surface area contributed by atoms with Gasteiger partial charge in [-0.2, -0.15) is 0 Å². The van der Waals surface area contributed by atoms with E-state index in [1.54, 1.807) is 18.5 Å². The SMILES string of the molecule is O=C(O)c1cc(C2CC2)c2cc(OCC34CCC(OCc5c(-c6c(Cl)cncc6Cl)noc5C5CC5)(CC3)CC4)cc(F)c2n1. The second-order valence-electron chi connectivity index (χ2n) is 13.4. The zero-order valence-corrected chi connectivity index (χ0v) is 26.1. The summed E-state index contributed by atoms with van der Waals surface area (Å²) in [5.41, 5.74) is 2.74. The van der Waals surface area contributed by atoms with E-state index in [-0.39, 0.29) is 28.1 Å². The van der Waals surface area contributed by atoms with Crippen molar-refractivity contribution in [3.63, 3.8) is 0 Å². The molecule has 0 unspecified atom stereocenters.